The van der Waals surface area contributed by atoms with E-state index in [9.17, 15) is 0 Å². The average Bonchev–Trinajstić information content (AvgIpc) is 2.72. The lowest BCUT2D eigenvalue weighted by Crippen LogP contribution is -2.21. The van der Waals surface area contributed by atoms with Crippen molar-refractivity contribution < 1.29 is 4.74 Å². The second kappa shape index (κ2) is 7.41. The van der Waals surface area contributed by atoms with E-state index in [1.807, 2.05) is 17.8 Å². The number of hydrogen-bond acceptors (Lipinski definition) is 3. The van der Waals surface area contributed by atoms with Crippen LogP contribution in [0.5, 0.6) is 0 Å². The molecule has 1 rings (SSSR count). The summed E-state index contributed by atoms with van der Waals surface area (Å²) >= 11 is 0. The van der Waals surface area contributed by atoms with Gasteiger partial charge in [0.2, 0.25) is 0 Å². The fourth-order valence-electron chi connectivity index (χ4n) is 1.55. The molecular weight excluding hydrogens is 202 g/mol. The summed E-state index contributed by atoms with van der Waals surface area (Å²) in [6.45, 7) is 6.63. The summed E-state index contributed by atoms with van der Waals surface area (Å²) in [6.07, 6.45) is 6.93. The molecule has 1 heterocycles. The maximum absolute atomic E-state index is 5.90. The summed E-state index contributed by atoms with van der Waals surface area (Å²) in [5.74, 6) is 0. The Bertz CT molecular complexity index is 286. The highest BCUT2D eigenvalue weighted by molar-refractivity contribution is 5.05. The van der Waals surface area contributed by atoms with Crippen LogP contribution in [0.25, 0.3) is 0 Å². The average molecular weight is 225 g/mol. The van der Waals surface area contributed by atoms with E-state index >= 15 is 0 Å². The lowest BCUT2D eigenvalue weighted by Gasteiger charge is -2.05. The van der Waals surface area contributed by atoms with Crippen molar-refractivity contribution in [3.05, 3.63) is 18.0 Å². The summed E-state index contributed by atoms with van der Waals surface area (Å²) < 4.78 is 7.25. The van der Waals surface area contributed by atoms with Gasteiger partial charge in [0, 0.05) is 32.0 Å². The number of nitrogens with zero attached hydrogens (tertiary/aromatic N) is 2. The van der Waals surface area contributed by atoms with E-state index in [4.69, 9.17) is 10.5 Å². The predicted octanol–water partition coefficient (Wildman–Crippen LogP) is 1.59. The Morgan fingerprint density at radius 1 is 1.50 bits per heavy atom. The highest BCUT2D eigenvalue weighted by Crippen LogP contribution is 2.03. The number of aryl methyl sites for hydroxylation is 1. The Kier molecular flexibility index (Phi) is 6.11. The first-order valence-electron chi connectivity index (χ1n) is 6.10. The second-order valence-electron chi connectivity index (χ2n) is 4.03. The van der Waals surface area contributed by atoms with E-state index in [1.165, 1.54) is 5.56 Å². The van der Waals surface area contributed by atoms with Crippen LogP contribution >= 0.6 is 0 Å². The molecule has 1 unspecified atom stereocenters. The van der Waals surface area contributed by atoms with Crippen LogP contribution in [0.3, 0.4) is 0 Å². The van der Waals surface area contributed by atoms with Gasteiger partial charge in [-0.3, -0.25) is 4.68 Å². The molecule has 0 bridgehead atoms. The zero-order chi connectivity index (χ0) is 11.8. The van der Waals surface area contributed by atoms with Crippen molar-refractivity contribution in [2.24, 2.45) is 5.73 Å². The molecule has 0 fully saturated rings. The number of ether oxygens (including phenoxy) is 1. The topological polar surface area (TPSA) is 53.1 Å². The molecule has 0 aliphatic carbocycles. The normalized spacial score (nSPS) is 12.9. The lowest BCUT2D eigenvalue weighted by molar-refractivity contribution is 0.141. The minimum Gasteiger partial charge on any atom is -0.382 e. The van der Waals surface area contributed by atoms with Crippen LogP contribution in [0.4, 0.5) is 0 Å². The minimum atomic E-state index is 0.251. The van der Waals surface area contributed by atoms with Gasteiger partial charge in [-0.15, -0.1) is 0 Å². The maximum Gasteiger partial charge on any atom is 0.0522 e. The Morgan fingerprint density at radius 2 is 2.31 bits per heavy atom. The van der Waals surface area contributed by atoms with E-state index in [-0.39, 0.29) is 6.04 Å². The van der Waals surface area contributed by atoms with Gasteiger partial charge in [-0.2, -0.15) is 5.10 Å². The fraction of sp³-hybridized carbons (Fsp3) is 0.750. The van der Waals surface area contributed by atoms with Crippen LogP contribution in [0.1, 0.15) is 32.3 Å². The summed E-state index contributed by atoms with van der Waals surface area (Å²) in [6, 6.07) is 0.251. The molecule has 0 aromatic carbocycles. The second-order valence-corrected chi connectivity index (χ2v) is 4.03. The maximum atomic E-state index is 5.90. The Morgan fingerprint density at radius 3 is 3.00 bits per heavy atom. The first-order valence-corrected chi connectivity index (χ1v) is 6.10. The standard InChI is InChI=1S/C12H23N3O/c1-3-12(13)8-11-9-14-15(10-11)6-5-7-16-4-2/h9-10,12H,3-8,13H2,1-2H3. The summed E-state index contributed by atoms with van der Waals surface area (Å²) in [4.78, 5) is 0. The van der Waals surface area contributed by atoms with Crippen molar-refractivity contribution in [1.82, 2.24) is 9.78 Å². The number of rotatable bonds is 8. The van der Waals surface area contributed by atoms with Gasteiger partial charge in [0.05, 0.1) is 6.20 Å². The smallest absolute Gasteiger partial charge is 0.0522 e. The molecule has 0 radical (unpaired) electrons. The van der Waals surface area contributed by atoms with Gasteiger partial charge in [0.1, 0.15) is 0 Å². The molecule has 1 atom stereocenters. The highest BCUT2D eigenvalue weighted by atomic mass is 16.5. The van der Waals surface area contributed by atoms with Crippen LogP contribution in [-0.2, 0) is 17.7 Å². The molecule has 92 valence electrons. The first-order chi connectivity index (χ1) is 7.76. The van der Waals surface area contributed by atoms with Gasteiger partial charge in [0.25, 0.3) is 0 Å². The fourth-order valence-corrected chi connectivity index (χ4v) is 1.55. The monoisotopic (exact) mass is 225 g/mol. The zero-order valence-electron chi connectivity index (χ0n) is 10.4. The third kappa shape index (κ3) is 4.77. The highest BCUT2D eigenvalue weighted by Gasteiger charge is 2.03. The number of aromatic nitrogens is 2. The largest absolute Gasteiger partial charge is 0.382 e. The number of nitrogens with two attached hydrogens (primary N) is 1. The van der Waals surface area contributed by atoms with E-state index in [0.717, 1.165) is 39.0 Å². The third-order valence-electron chi connectivity index (χ3n) is 2.59. The van der Waals surface area contributed by atoms with Crippen LogP contribution in [0.15, 0.2) is 12.4 Å². The summed E-state index contributed by atoms with van der Waals surface area (Å²) in [7, 11) is 0. The minimum absolute atomic E-state index is 0.251. The van der Waals surface area contributed by atoms with Crippen molar-refractivity contribution in [3.8, 4) is 0 Å². The third-order valence-corrected chi connectivity index (χ3v) is 2.59. The van der Waals surface area contributed by atoms with E-state index < -0.39 is 0 Å². The van der Waals surface area contributed by atoms with Gasteiger partial charge in [0.15, 0.2) is 0 Å². The van der Waals surface area contributed by atoms with Gasteiger partial charge in [-0.25, -0.2) is 0 Å². The molecule has 0 aliphatic heterocycles. The molecule has 4 heteroatoms. The molecule has 0 saturated heterocycles. The SMILES string of the molecule is CCOCCCn1cc(CC(N)CC)cn1. The summed E-state index contributed by atoms with van der Waals surface area (Å²) in [5.41, 5.74) is 7.12. The van der Waals surface area contributed by atoms with Gasteiger partial charge < -0.3 is 10.5 Å². The van der Waals surface area contributed by atoms with E-state index in [1.54, 1.807) is 0 Å². The molecule has 2 N–H and O–H groups in total. The van der Waals surface area contributed by atoms with Crippen molar-refractivity contribution in [1.29, 1.82) is 0 Å². The lowest BCUT2D eigenvalue weighted by atomic mass is 10.1. The molecule has 0 saturated carbocycles. The van der Waals surface area contributed by atoms with E-state index in [2.05, 4.69) is 18.2 Å². The molecular formula is C12H23N3O. The van der Waals surface area contributed by atoms with Crippen molar-refractivity contribution in [2.45, 2.75) is 45.7 Å². The van der Waals surface area contributed by atoms with Gasteiger partial charge >= 0.3 is 0 Å². The molecule has 0 aliphatic rings. The molecule has 0 amide bonds. The summed E-state index contributed by atoms with van der Waals surface area (Å²) in [5, 5.41) is 4.31. The molecule has 16 heavy (non-hydrogen) atoms. The number of hydrogen-bond donors (Lipinski definition) is 1. The molecule has 1 aromatic heterocycles. The van der Waals surface area contributed by atoms with Crippen LogP contribution in [-0.4, -0.2) is 29.0 Å². The van der Waals surface area contributed by atoms with Crippen LogP contribution in [0.2, 0.25) is 0 Å². The quantitative estimate of drug-likeness (QED) is 0.684. The molecule has 4 nitrogen and oxygen atoms in total. The van der Waals surface area contributed by atoms with Crippen molar-refractivity contribution in [3.63, 3.8) is 0 Å². The Balaban J connectivity index is 2.28. The van der Waals surface area contributed by atoms with Crippen molar-refractivity contribution >= 4 is 0 Å². The van der Waals surface area contributed by atoms with Crippen LogP contribution in [0, 0.1) is 0 Å². The predicted molar refractivity (Wildman–Crippen MR) is 65.3 cm³/mol. The Hall–Kier alpha value is -0.870. The first kappa shape index (κ1) is 13.2. The van der Waals surface area contributed by atoms with Crippen LogP contribution < -0.4 is 5.73 Å². The zero-order valence-corrected chi connectivity index (χ0v) is 10.4. The van der Waals surface area contributed by atoms with Crippen molar-refractivity contribution in [2.75, 3.05) is 13.2 Å². The molecule has 0 spiro atoms. The Labute approximate surface area is 97.8 Å². The molecule has 1 aromatic rings. The van der Waals surface area contributed by atoms with Gasteiger partial charge in [-0.05, 0) is 31.7 Å². The van der Waals surface area contributed by atoms with Gasteiger partial charge in [-0.1, -0.05) is 6.92 Å². The van der Waals surface area contributed by atoms with E-state index in [0.29, 0.717) is 0 Å².